The Labute approximate surface area is 121 Å². The van der Waals surface area contributed by atoms with Gasteiger partial charge in [0.25, 0.3) is 0 Å². The molecule has 0 aliphatic carbocycles. The van der Waals surface area contributed by atoms with Crippen LogP contribution in [0.15, 0.2) is 46.9 Å². The molecule has 2 rings (SSSR count). The maximum absolute atomic E-state index is 6.04. The lowest BCUT2D eigenvalue weighted by atomic mass is 9.95. The van der Waals surface area contributed by atoms with Crippen molar-refractivity contribution in [1.29, 1.82) is 0 Å². The van der Waals surface area contributed by atoms with Crippen molar-refractivity contribution in [3.63, 3.8) is 0 Å². The molecule has 0 aliphatic rings. The van der Waals surface area contributed by atoms with Gasteiger partial charge in [0, 0.05) is 4.47 Å². The lowest BCUT2D eigenvalue weighted by Gasteiger charge is -2.19. The highest BCUT2D eigenvalue weighted by Crippen LogP contribution is 2.30. The fourth-order valence-corrected chi connectivity index (χ4v) is 2.62. The lowest BCUT2D eigenvalue weighted by Crippen LogP contribution is -2.18. The average Bonchev–Trinajstić information content (AvgIpc) is 2.37. The maximum Gasteiger partial charge on any atom is 0.0577 e. The van der Waals surface area contributed by atoms with E-state index in [1.54, 1.807) is 0 Å². The first-order valence-corrected chi connectivity index (χ1v) is 6.98. The normalized spacial score (nSPS) is 12.4. The minimum atomic E-state index is 0.180. The Kier molecular flexibility index (Phi) is 4.44. The summed E-state index contributed by atoms with van der Waals surface area (Å²) in [6.45, 7) is 2.13. The molecule has 0 spiro atoms. The summed E-state index contributed by atoms with van der Waals surface area (Å²) in [6, 6.07) is 14.6. The van der Waals surface area contributed by atoms with Crippen molar-refractivity contribution in [3.8, 4) is 0 Å². The number of nitrogens with one attached hydrogen (secondary N) is 1. The molecule has 3 heteroatoms. The fourth-order valence-electron chi connectivity index (χ4n) is 2.10. The van der Waals surface area contributed by atoms with Crippen LogP contribution in [0.1, 0.15) is 22.7 Å². The third-order valence-electron chi connectivity index (χ3n) is 3.07. The summed E-state index contributed by atoms with van der Waals surface area (Å²) < 4.78 is 0.926. The molecule has 0 saturated carbocycles. The predicted molar refractivity (Wildman–Crippen MR) is 81.2 cm³/mol. The molecule has 1 N–H and O–H groups in total. The van der Waals surface area contributed by atoms with Gasteiger partial charge in [-0.25, -0.2) is 0 Å². The van der Waals surface area contributed by atoms with Crippen molar-refractivity contribution in [3.05, 3.63) is 68.7 Å². The third kappa shape index (κ3) is 2.77. The molecular formula is C15H15BrClN. The van der Waals surface area contributed by atoms with Gasteiger partial charge in [0.2, 0.25) is 0 Å². The van der Waals surface area contributed by atoms with Crippen LogP contribution in [0.5, 0.6) is 0 Å². The zero-order valence-corrected chi connectivity index (χ0v) is 12.7. The van der Waals surface area contributed by atoms with E-state index < -0.39 is 0 Å². The van der Waals surface area contributed by atoms with Crippen LogP contribution in [0.2, 0.25) is 5.02 Å². The van der Waals surface area contributed by atoms with Crippen LogP contribution >= 0.6 is 27.5 Å². The van der Waals surface area contributed by atoms with Crippen LogP contribution in [-0.2, 0) is 0 Å². The Morgan fingerprint density at radius 1 is 1.17 bits per heavy atom. The van der Waals surface area contributed by atoms with E-state index >= 15 is 0 Å². The first-order valence-electron chi connectivity index (χ1n) is 5.81. The Morgan fingerprint density at radius 2 is 1.89 bits per heavy atom. The van der Waals surface area contributed by atoms with Crippen LogP contribution in [0.3, 0.4) is 0 Å². The van der Waals surface area contributed by atoms with Gasteiger partial charge in [-0.05, 0) is 58.7 Å². The second-order valence-electron chi connectivity index (χ2n) is 4.25. The molecule has 0 saturated heterocycles. The molecule has 2 aromatic rings. The van der Waals surface area contributed by atoms with E-state index in [1.807, 2.05) is 13.1 Å². The molecule has 1 nitrogen and oxygen atoms in total. The molecule has 0 aromatic heterocycles. The summed E-state index contributed by atoms with van der Waals surface area (Å²) in [7, 11) is 1.97. The van der Waals surface area contributed by atoms with E-state index in [0.29, 0.717) is 0 Å². The number of aryl methyl sites for hydroxylation is 1. The summed E-state index contributed by atoms with van der Waals surface area (Å²) in [5.41, 5.74) is 3.76. The molecule has 0 amide bonds. The van der Waals surface area contributed by atoms with Gasteiger partial charge in [0.1, 0.15) is 0 Å². The summed E-state index contributed by atoms with van der Waals surface area (Å²) in [5.74, 6) is 0. The number of halogens is 2. The summed E-state index contributed by atoms with van der Waals surface area (Å²) >= 11 is 9.51. The smallest absolute Gasteiger partial charge is 0.0577 e. The Morgan fingerprint density at radius 3 is 2.50 bits per heavy atom. The Balaban J connectivity index is 2.45. The number of hydrogen-bond acceptors (Lipinski definition) is 1. The van der Waals surface area contributed by atoms with Gasteiger partial charge < -0.3 is 5.32 Å². The highest BCUT2D eigenvalue weighted by atomic mass is 79.9. The van der Waals surface area contributed by atoms with E-state index in [-0.39, 0.29) is 6.04 Å². The summed E-state index contributed by atoms with van der Waals surface area (Å²) in [4.78, 5) is 0. The highest BCUT2D eigenvalue weighted by molar-refractivity contribution is 9.10. The Bertz CT molecular complexity index is 554. The second kappa shape index (κ2) is 5.87. The zero-order chi connectivity index (χ0) is 13.1. The van der Waals surface area contributed by atoms with Crippen molar-refractivity contribution in [2.45, 2.75) is 13.0 Å². The Hall–Kier alpha value is -0.830. The molecule has 1 atom stereocenters. The first kappa shape index (κ1) is 13.6. The van der Waals surface area contributed by atoms with Crippen LogP contribution in [0, 0.1) is 6.92 Å². The van der Waals surface area contributed by atoms with Gasteiger partial charge in [0.05, 0.1) is 11.1 Å². The minimum absolute atomic E-state index is 0.180. The molecule has 0 heterocycles. The SMILES string of the molecule is CNC(c1ccc(Cl)c(Br)c1)c1ccccc1C. The summed E-state index contributed by atoms with van der Waals surface area (Å²) in [5, 5.41) is 4.09. The largest absolute Gasteiger partial charge is 0.309 e. The van der Waals surface area contributed by atoms with Gasteiger partial charge in [-0.2, -0.15) is 0 Å². The minimum Gasteiger partial charge on any atom is -0.309 e. The lowest BCUT2D eigenvalue weighted by molar-refractivity contribution is 0.687. The second-order valence-corrected chi connectivity index (χ2v) is 5.51. The third-order valence-corrected chi connectivity index (χ3v) is 4.28. The van der Waals surface area contributed by atoms with E-state index in [1.165, 1.54) is 16.7 Å². The molecule has 18 heavy (non-hydrogen) atoms. The van der Waals surface area contributed by atoms with E-state index in [9.17, 15) is 0 Å². The van der Waals surface area contributed by atoms with Crippen LogP contribution in [0.25, 0.3) is 0 Å². The van der Waals surface area contributed by atoms with Crippen molar-refractivity contribution in [1.82, 2.24) is 5.32 Å². The first-order chi connectivity index (χ1) is 8.63. The average molecular weight is 325 g/mol. The van der Waals surface area contributed by atoms with Crippen molar-refractivity contribution < 1.29 is 0 Å². The molecule has 0 radical (unpaired) electrons. The predicted octanol–water partition coefficient (Wildman–Crippen LogP) is 4.72. The van der Waals surface area contributed by atoms with Crippen LogP contribution in [-0.4, -0.2) is 7.05 Å². The quantitative estimate of drug-likeness (QED) is 0.861. The fraction of sp³-hybridized carbons (Fsp3) is 0.200. The van der Waals surface area contributed by atoms with E-state index in [4.69, 9.17) is 11.6 Å². The van der Waals surface area contributed by atoms with E-state index in [2.05, 4.69) is 64.6 Å². The van der Waals surface area contributed by atoms with Crippen molar-refractivity contribution in [2.75, 3.05) is 7.05 Å². The van der Waals surface area contributed by atoms with Gasteiger partial charge in [-0.15, -0.1) is 0 Å². The molecule has 0 fully saturated rings. The number of benzene rings is 2. The number of hydrogen-bond donors (Lipinski definition) is 1. The van der Waals surface area contributed by atoms with Gasteiger partial charge >= 0.3 is 0 Å². The highest BCUT2D eigenvalue weighted by Gasteiger charge is 2.14. The molecular weight excluding hydrogens is 310 g/mol. The molecule has 94 valence electrons. The zero-order valence-electron chi connectivity index (χ0n) is 10.4. The molecule has 0 bridgehead atoms. The molecule has 0 aliphatic heterocycles. The van der Waals surface area contributed by atoms with Gasteiger partial charge in [-0.1, -0.05) is 41.9 Å². The molecule has 2 aromatic carbocycles. The monoisotopic (exact) mass is 323 g/mol. The molecule has 1 unspecified atom stereocenters. The maximum atomic E-state index is 6.04. The van der Waals surface area contributed by atoms with Gasteiger partial charge in [-0.3, -0.25) is 0 Å². The topological polar surface area (TPSA) is 12.0 Å². The van der Waals surface area contributed by atoms with E-state index in [0.717, 1.165) is 9.50 Å². The van der Waals surface area contributed by atoms with Crippen LogP contribution in [0.4, 0.5) is 0 Å². The standard InChI is InChI=1S/C15H15BrClN/c1-10-5-3-4-6-12(10)15(18-2)11-7-8-14(17)13(16)9-11/h3-9,15,18H,1-2H3. The van der Waals surface area contributed by atoms with Gasteiger partial charge in [0.15, 0.2) is 0 Å². The van der Waals surface area contributed by atoms with Crippen LogP contribution < -0.4 is 5.32 Å². The number of rotatable bonds is 3. The van der Waals surface area contributed by atoms with Crippen molar-refractivity contribution in [2.24, 2.45) is 0 Å². The van der Waals surface area contributed by atoms with Crippen molar-refractivity contribution >= 4 is 27.5 Å². The summed E-state index contributed by atoms with van der Waals surface area (Å²) in [6.07, 6.45) is 0.